The lowest BCUT2D eigenvalue weighted by Gasteiger charge is -2.34. The molecule has 0 aliphatic carbocycles. The molecule has 31 heavy (non-hydrogen) atoms. The average molecular weight is 445 g/mol. The molecule has 0 spiro atoms. The van der Waals surface area contributed by atoms with Crippen LogP contribution >= 0.6 is 0 Å². The fourth-order valence-corrected chi connectivity index (χ4v) is 5.31. The second-order valence-corrected chi connectivity index (χ2v) is 9.37. The number of nitrogens with one attached hydrogen (secondary N) is 1. The van der Waals surface area contributed by atoms with Crippen LogP contribution in [0.3, 0.4) is 0 Å². The Morgan fingerprint density at radius 3 is 2.68 bits per heavy atom. The van der Waals surface area contributed by atoms with Gasteiger partial charge in [0, 0.05) is 44.0 Å². The van der Waals surface area contributed by atoms with E-state index in [1.165, 1.54) is 12.1 Å². The van der Waals surface area contributed by atoms with Crippen molar-refractivity contribution < 1.29 is 22.7 Å². The number of anilines is 1. The quantitative estimate of drug-likeness (QED) is 0.707. The number of hydrogen-bond donors (Lipinski definition) is 1. The zero-order chi connectivity index (χ0) is 21.8. The van der Waals surface area contributed by atoms with Crippen molar-refractivity contribution in [2.45, 2.75) is 12.5 Å². The third-order valence-electron chi connectivity index (χ3n) is 5.43. The van der Waals surface area contributed by atoms with Crippen LogP contribution in [-0.4, -0.2) is 68.7 Å². The van der Waals surface area contributed by atoms with Crippen molar-refractivity contribution in [3.05, 3.63) is 59.9 Å². The molecule has 0 radical (unpaired) electrons. The van der Waals surface area contributed by atoms with E-state index in [0.717, 1.165) is 23.0 Å². The number of carbonyl (C=O) groups excluding carboxylic acids is 2. The molecule has 2 amide bonds. The zero-order valence-electron chi connectivity index (χ0n) is 16.9. The summed E-state index contributed by atoms with van der Waals surface area (Å²) in [5, 5.41) is 2.94. The highest BCUT2D eigenvalue weighted by atomic mass is 32.2. The normalized spacial score (nSPS) is 19.9. The first-order valence-electron chi connectivity index (χ1n) is 10.1. The first kappa shape index (κ1) is 21.4. The molecular formula is C21H24N4O5S. The van der Waals surface area contributed by atoms with Crippen LogP contribution in [0.5, 0.6) is 0 Å². The number of pyridine rings is 1. The van der Waals surface area contributed by atoms with Gasteiger partial charge < -0.3 is 10.1 Å². The maximum atomic E-state index is 12.9. The maximum absolute atomic E-state index is 12.9. The number of morpholine rings is 1. The Kier molecular flexibility index (Phi) is 6.30. The molecule has 1 aromatic heterocycles. The minimum atomic E-state index is -3.68. The molecule has 2 aromatic rings. The Balaban J connectivity index is 1.50. The van der Waals surface area contributed by atoms with Gasteiger partial charge in [0.1, 0.15) is 0 Å². The van der Waals surface area contributed by atoms with E-state index in [-0.39, 0.29) is 29.8 Å². The number of rotatable bonds is 6. The SMILES string of the molecule is O=C(NCC(c1cccnc1)N1CCOCC1)c1cccc(N2C(=O)CCS2(=O)=O)c1. The van der Waals surface area contributed by atoms with Crippen LogP contribution in [0.25, 0.3) is 0 Å². The van der Waals surface area contributed by atoms with E-state index in [2.05, 4.69) is 15.2 Å². The summed E-state index contributed by atoms with van der Waals surface area (Å²) in [6.07, 6.45) is 3.44. The second-order valence-electron chi connectivity index (χ2n) is 7.44. The number of sulfonamides is 1. The van der Waals surface area contributed by atoms with E-state index >= 15 is 0 Å². The van der Waals surface area contributed by atoms with Crippen molar-refractivity contribution in [1.82, 2.24) is 15.2 Å². The van der Waals surface area contributed by atoms with E-state index in [4.69, 9.17) is 4.74 Å². The number of carbonyl (C=O) groups is 2. The number of ether oxygens (including phenoxy) is 1. The number of hydrogen-bond acceptors (Lipinski definition) is 7. The highest BCUT2D eigenvalue weighted by molar-refractivity contribution is 7.94. The van der Waals surface area contributed by atoms with Gasteiger partial charge in [0.2, 0.25) is 15.9 Å². The molecular weight excluding hydrogens is 420 g/mol. The van der Waals surface area contributed by atoms with Gasteiger partial charge >= 0.3 is 0 Å². The topological polar surface area (TPSA) is 109 Å². The van der Waals surface area contributed by atoms with Crippen molar-refractivity contribution in [1.29, 1.82) is 0 Å². The van der Waals surface area contributed by atoms with Crippen molar-refractivity contribution in [3.63, 3.8) is 0 Å². The van der Waals surface area contributed by atoms with Gasteiger partial charge in [0.25, 0.3) is 5.91 Å². The van der Waals surface area contributed by atoms with Gasteiger partial charge in [-0.3, -0.25) is 19.5 Å². The van der Waals surface area contributed by atoms with Gasteiger partial charge in [-0.15, -0.1) is 0 Å². The van der Waals surface area contributed by atoms with Crippen LogP contribution in [0, 0.1) is 0 Å². The molecule has 2 aliphatic heterocycles. The predicted molar refractivity (Wildman–Crippen MR) is 114 cm³/mol. The van der Waals surface area contributed by atoms with Gasteiger partial charge in [-0.1, -0.05) is 12.1 Å². The average Bonchev–Trinajstić information content (AvgIpc) is 3.07. The molecule has 2 saturated heterocycles. The van der Waals surface area contributed by atoms with Crippen molar-refractivity contribution >= 4 is 27.5 Å². The third kappa shape index (κ3) is 4.76. The van der Waals surface area contributed by atoms with Gasteiger partial charge in [0.05, 0.1) is 30.7 Å². The first-order valence-corrected chi connectivity index (χ1v) is 11.7. The Bertz CT molecular complexity index is 1050. The molecule has 9 nitrogen and oxygen atoms in total. The van der Waals surface area contributed by atoms with E-state index in [0.29, 0.717) is 25.3 Å². The van der Waals surface area contributed by atoms with Gasteiger partial charge in [-0.25, -0.2) is 12.7 Å². The standard InChI is InChI=1S/C21H24N4O5S/c26-20-6-12-31(28,29)25(20)18-5-1-3-16(13-18)21(27)23-15-19(17-4-2-7-22-14-17)24-8-10-30-11-9-24/h1-5,7,13-14,19H,6,8-12,15H2,(H,23,27). The van der Waals surface area contributed by atoms with Crippen LogP contribution in [0.4, 0.5) is 5.69 Å². The second kappa shape index (κ2) is 9.13. The van der Waals surface area contributed by atoms with E-state index in [1.54, 1.807) is 24.5 Å². The lowest BCUT2D eigenvalue weighted by Crippen LogP contribution is -2.43. The van der Waals surface area contributed by atoms with Crippen molar-refractivity contribution in [2.24, 2.45) is 0 Å². The third-order valence-corrected chi connectivity index (χ3v) is 7.12. The number of aromatic nitrogens is 1. The van der Waals surface area contributed by atoms with Crippen LogP contribution in [0.2, 0.25) is 0 Å². The molecule has 2 aliphatic rings. The van der Waals surface area contributed by atoms with E-state index < -0.39 is 15.9 Å². The molecule has 1 aromatic carbocycles. The highest BCUT2D eigenvalue weighted by Crippen LogP contribution is 2.26. The summed E-state index contributed by atoms with van der Waals surface area (Å²) in [5.74, 6) is -1.04. The van der Waals surface area contributed by atoms with Crippen LogP contribution in [0.15, 0.2) is 48.8 Å². The van der Waals surface area contributed by atoms with Crippen LogP contribution < -0.4 is 9.62 Å². The largest absolute Gasteiger partial charge is 0.379 e. The molecule has 3 heterocycles. The molecule has 0 bridgehead atoms. The molecule has 10 heteroatoms. The summed E-state index contributed by atoms with van der Waals surface area (Å²) >= 11 is 0. The molecule has 4 rings (SSSR count). The molecule has 164 valence electrons. The van der Waals surface area contributed by atoms with Gasteiger partial charge in [-0.05, 0) is 29.8 Å². The van der Waals surface area contributed by atoms with Crippen molar-refractivity contribution in [3.8, 4) is 0 Å². The van der Waals surface area contributed by atoms with E-state index in [1.807, 2.05) is 12.1 Å². The molecule has 2 fully saturated rings. The molecule has 1 unspecified atom stereocenters. The molecule has 0 saturated carbocycles. The Labute approximate surface area is 181 Å². The lowest BCUT2D eigenvalue weighted by molar-refractivity contribution is -0.116. The lowest BCUT2D eigenvalue weighted by atomic mass is 10.1. The Morgan fingerprint density at radius 1 is 1.19 bits per heavy atom. The first-order chi connectivity index (χ1) is 15.0. The summed E-state index contributed by atoms with van der Waals surface area (Å²) in [7, 11) is -3.68. The minimum Gasteiger partial charge on any atom is -0.379 e. The van der Waals surface area contributed by atoms with E-state index in [9.17, 15) is 18.0 Å². The monoisotopic (exact) mass is 444 g/mol. The Morgan fingerprint density at radius 2 is 2.00 bits per heavy atom. The number of nitrogens with zero attached hydrogens (tertiary/aromatic N) is 3. The molecule has 1 atom stereocenters. The zero-order valence-corrected chi connectivity index (χ0v) is 17.8. The van der Waals surface area contributed by atoms with Gasteiger partial charge in [0.15, 0.2) is 0 Å². The predicted octanol–water partition coefficient (Wildman–Crippen LogP) is 0.951. The van der Waals surface area contributed by atoms with Crippen LogP contribution in [-0.2, 0) is 19.6 Å². The number of benzene rings is 1. The van der Waals surface area contributed by atoms with Crippen molar-refractivity contribution in [2.75, 3.05) is 42.9 Å². The Hall–Kier alpha value is -2.82. The minimum absolute atomic E-state index is 0.0505. The van der Waals surface area contributed by atoms with Crippen LogP contribution in [0.1, 0.15) is 28.4 Å². The fourth-order valence-electron chi connectivity index (χ4n) is 3.85. The molecule has 1 N–H and O–H groups in total. The summed E-state index contributed by atoms with van der Waals surface area (Å²) in [6, 6.07) is 9.90. The van der Waals surface area contributed by atoms with Gasteiger partial charge in [-0.2, -0.15) is 0 Å². The maximum Gasteiger partial charge on any atom is 0.251 e. The summed E-state index contributed by atoms with van der Waals surface area (Å²) in [5.41, 5.74) is 1.47. The fraction of sp³-hybridized carbons (Fsp3) is 0.381. The smallest absolute Gasteiger partial charge is 0.251 e. The summed E-state index contributed by atoms with van der Waals surface area (Å²) in [4.78, 5) is 31.3. The highest BCUT2D eigenvalue weighted by Gasteiger charge is 2.36. The summed E-state index contributed by atoms with van der Waals surface area (Å²) in [6.45, 7) is 3.12. The summed E-state index contributed by atoms with van der Waals surface area (Å²) < 4.78 is 30.6. The number of amides is 2.